The first kappa shape index (κ1) is 42.9. The normalized spacial score (nSPS) is 23.0. The third kappa shape index (κ3) is 7.80. The SMILES string of the molecule is C.CCC1(CC)O[C@@H](c2ccc3c(NC(=O)c4ccccc4)ncnn23)[C@H](F)[C@@H]1C.C[C@H]1[C@@H](F)[C@H](c2ccc3c(NC(=O)c4ccccc4)ncnn23)OC1(CO)CO. The molecule has 16 heteroatoms. The number of carbonyl (C=O) groups excluding carboxylic acids is 2. The molecular formula is C43H50F2N8O6. The molecule has 6 atom stereocenters. The summed E-state index contributed by atoms with van der Waals surface area (Å²) in [4.78, 5) is 33.3. The lowest BCUT2D eigenvalue weighted by Crippen LogP contribution is -2.43. The third-order valence-corrected chi connectivity index (χ3v) is 11.7. The van der Waals surface area contributed by atoms with E-state index in [1.54, 1.807) is 84.2 Å². The molecule has 0 bridgehead atoms. The van der Waals surface area contributed by atoms with Crippen LogP contribution in [-0.4, -0.2) is 88.0 Å². The Morgan fingerprint density at radius 1 is 0.661 bits per heavy atom. The number of carbonyl (C=O) groups is 2. The summed E-state index contributed by atoms with van der Waals surface area (Å²) >= 11 is 0. The maximum Gasteiger partial charge on any atom is 0.256 e. The maximum atomic E-state index is 15.2. The summed E-state index contributed by atoms with van der Waals surface area (Å²) in [6.45, 7) is 6.56. The lowest BCUT2D eigenvalue weighted by molar-refractivity contribution is -0.118. The Balaban J connectivity index is 0.000000195. The average Bonchev–Trinajstić information content (AvgIpc) is 4.02. The molecule has 2 amide bonds. The van der Waals surface area contributed by atoms with E-state index in [9.17, 15) is 24.2 Å². The van der Waals surface area contributed by atoms with Crippen molar-refractivity contribution in [3.8, 4) is 0 Å². The minimum absolute atomic E-state index is 0. The smallest absolute Gasteiger partial charge is 0.256 e. The number of benzene rings is 2. The van der Waals surface area contributed by atoms with Crippen LogP contribution in [0.4, 0.5) is 20.4 Å². The van der Waals surface area contributed by atoms with E-state index in [1.165, 1.54) is 17.2 Å². The highest BCUT2D eigenvalue weighted by Gasteiger charge is 2.54. The fourth-order valence-electron chi connectivity index (χ4n) is 7.95. The van der Waals surface area contributed by atoms with Gasteiger partial charge in [-0.05, 0) is 61.4 Å². The minimum atomic E-state index is -1.45. The number of aliphatic hydroxyl groups excluding tert-OH is 2. The summed E-state index contributed by atoms with van der Waals surface area (Å²) < 4.78 is 45.3. The molecule has 2 aromatic carbocycles. The summed E-state index contributed by atoms with van der Waals surface area (Å²) in [6.07, 6.45) is -0.213. The van der Waals surface area contributed by atoms with Gasteiger partial charge in [-0.1, -0.05) is 71.5 Å². The van der Waals surface area contributed by atoms with E-state index in [-0.39, 0.29) is 31.0 Å². The van der Waals surface area contributed by atoms with Gasteiger partial charge in [0.1, 0.15) is 53.8 Å². The van der Waals surface area contributed by atoms with Gasteiger partial charge in [0, 0.05) is 23.0 Å². The predicted octanol–water partition coefficient (Wildman–Crippen LogP) is 6.97. The van der Waals surface area contributed by atoms with Crippen LogP contribution in [0.25, 0.3) is 11.0 Å². The van der Waals surface area contributed by atoms with Crippen LogP contribution >= 0.6 is 0 Å². The first-order valence-electron chi connectivity index (χ1n) is 19.2. The van der Waals surface area contributed by atoms with Gasteiger partial charge in [-0.25, -0.2) is 27.8 Å². The van der Waals surface area contributed by atoms with E-state index in [0.29, 0.717) is 39.4 Å². The van der Waals surface area contributed by atoms with Crippen LogP contribution in [0.5, 0.6) is 0 Å². The number of halogens is 2. The molecular weight excluding hydrogens is 763 g/mol. The molecule has 4 aromatic heterocycles. The number of nitrogens with one attached hydrogen (secondary N) is 2. The van der Waals surface area contributed by atoms with E-state index in [2.05, 4.69) is 30.8 Å². The van der Waals surface area contributed by atoms with Crippen molar-refractivity contribution < 1.29 is 38.1 Å². The standard InChI is InChI=1S/C22H25FN4O2.C20H21FN4O4.CH4/c1-4-22(5-2)14(3)18(23)19(29-22)16-11-12-17-20(24-13-25-27(16)17)26-21(28)15-9-7-6-8-10-15;1-12-16(21)17(29-20(12,9-26)10-27)14-7-8-15-18(22-11-23-25(14)15)24-19(28)13-5-3-2-4-6-13;/h6-14,18-19H,4-5H2,1-3H3,(H,24,25,26,28);2-8,11-12,16-17,26-27H,9-10H2,1H3,(H,22,23,24,28);1H4/t14-,18+,19-;12-,16+,17-;/m00./s1. The van der Waals surface area contributed by atoms with Crippen molar-refractivity contribution in [1.82, 2.24) is 29.2 Å². The van der Waals surface area contributed by atoms with Crippen molar-refractivity contribution in [1.29, 1.82) is 0 Å². The number of ether oxygens (including phenoxy) is 2. The van der Waals surface area contributed by atoms with Crippen LogP contribution in [0.15, 0.2) is 97.6 Å². The number of rotatable bonds is 10. The Bertz CT molecular complexity index is 2200. The number of fused-ring (bicyclic) bond motifs is 2. The average molecular weight is 813 g/mol. The molecule has 2 aliphatic heterocycles. The van der Waals surface area contributed by atoms with Gasteiger partial charge >= 0.3 is 0 Å². The fourth-order valence-corrected chi connectivity index (χ4v) is 7.95. The lowest BCUT2D eigenvalue weighted by atomic mass is 9.83. The highest BCUT2D eigenvalue weighted by molar-refractivity contribution is 6.06. The summed E-state index contributed by atoms with van der Waals surface area (Å²) in [6, 6.07) is 24.5. The second-order valence-corrected chi connectivity index (χ2v) is 14.7. The van der Waals surface area contributed by atoms with Crippen molar-refractivity contribution in [2.75, 3.05) is 23.8 Å². The van der Waals surface area contributed by atoms with Gasteiger partial charge in [-0.15, -0.1) is 0 Å². The molecule has 14 nitrogen and oxygen atoms in total. The van der Waals surface area contributed by atoms with E-state index >= 15 is 4.39 Å². The minimum Gasteiger partial charge on any atom is -0.393 e. The highest BCUT2D eigenvalue weighted by atomic mass is 19.1. The lowest BCUT2D eigenvalue weighted by Gasteiger charge is -2.30. The van der Waals surface area contributed by atoms with Gasteiger partial charge < -0.3 is 30.3 Å². The van der Waals surface area contributed by atoms with Gasteiger partial charge in [0.05, 0.1) is 30.2 Å². The van der Waals surface area contributed by atoms with E-state index < -0.39 is 54.9 Å². The first-order chi connectivity index (χ1) is 28.0. The van der Waals surface area contributed by atoms with Gasteiger partial charge in [-0.3, -0.25) is 9.59 Å². The van der Waals surface area contributed by atoms with Crippen LogP contribution in [-0.2, 0) is 9.47 Å². The van der Waals surface area contributed by atoms with E-state index in [4.69, 9.17) is 9.47 Å². The van der Waals surface area contributed by atoms with E-state index in [1.807, 2.05) is 32.9 Å². The highest BCUT2D eigenvalue weighted by Crippen LogP contribution is 2.49. The zero-order valence-corrected chi connectivity index (χ0v) is 32.5. The summed E-state index contributed by atoms with van der Waals surface area (Å²) in [5.41, 5.74) is 1.26. The first-order valence-corrected chi connectivity index (χ1v) is 19.2. The van der Waals surface area contributed by atoms with Gasteiger partial charge in [0.2, 0.25) is 0 Å². The van der Waals surface area contributed by atoms with Gasteiger partial charge in [-0.2, -0.15) is 10.2 Å². The Labute approximate surface area is 340 Å². The molecule has 0 spiro atoms. The van der Waals surface area contributed by atoms with Crippen molar-refractivity contribution >= 4 is 34.5 Å². The number of aliphatic hydroxyl groups is 2. The Hall–Kier alpha value is -5.68. The summed E-state index contributed by atoms with van der Waals surface area (Å²) in [5, 5.41) is 33.3. The number of anilines is 2. The molecule has 8 rings (SSSR count). The van der Waals surface area contributed by atoms with Crippen molar-refractivity contribution in [2.24, 2.45) is 11.8 Å². The van der Waals surface area contributed by atoms with Crippen molar-refractivity contribution in [3.63, 3.8) is 0 Å². The zero-order valence-electron chi connectivity index (χ0n) is 32.5. The van der Waals surface area contributed by atoms with Crippen LogP contribution in [0, 0.1) is 11.8 Å². The molecule has 59 heavy (non-hydrogen) atoms. The number of alkyl halides is 2. The van der Waals surface area contributed by atoms with Crippen molar-refractivity contribution in [2.45, 2.75) is 83.7 Å². The van der Waals surface area contributed by atoms with Gasteiger partial charge in [0.15, 0.2) is 11.6 Å². The number of hydrogen-bond acceptors (Lipinski definition) is 10. The number of amides is 2. The molecule has 0 aliphatic carbocycles. The maximum absolute atomic E-state index is 15.2. The van der Waals surface area contributed by atoms with Gasteiger partial charge in [0.25, 0.3) is 11.8 Å². The molecule has 4 N–H and O–H groups in total. The van der Waals surface area contributed by atoms with Crippen LogP contribution in [0.1, 0.15) is 92.3 Å². The van der Waals surface area contributed by atoms with Crippen molar-refractivity contribution in [3.05, 3.63) is 120 Å². The monoisotopic (exact) mass is 812 g/mol. The van der Waals surface area contributed by atoms with Crippen LogP contribution in [0.2, 0.25) is 0 Å². The number of aromatic nitrogens is 6. The Kier molecular flexibility index (Phi) is 12.8. The third-order valence-electron chi connectivity index (χ3n) is 11.7. The number of hydrogen-bond donors (Lipinski definition) is 4. The van der Waals surface area contributed by atoms with E-state index in [0.717, 1.165) is 12.8 Å². The summed E-state index contributed by atoms with van der Waals surface area (Å²) in [7, 11) is 0. The molecule has 6 heterocycles. The molecule has 6 aromatic rings. The fraction of sp³-hybridized carbons (Fsp3) is 0.395. The Morgan fingerprint density at radius 2 is 1.05 bits per heavy atom. The number of nitrogens with zero attached hydrogens (tertiary/aromatic N) is 6. The molecule has 0 unspecified atom stereocenters. The molecule has 2 aliphatic rings. The Morgan fingerprint density at radius 3 is 1.41 bits per heavy atom. The molecule has 0 saturated carbocycles. The second kappa shape index (κ2) is 17.7. The molecule has 0 radical (unpaired) electrons. The molecule has 312 valence electrons. The molecule has 2 saturated heterocycles. The largest absolute Gasteiger partial charge is 0.393 e. The quantitative estimate of drug-likeness (QED) is 0.113. The second-order valence-electron chi connectivity index (χ2n) is 14.7. The predicted molar refractivity (Wildman–Crippen MR) is 217 cm³/mol. The van der Waals surface area contributed by atoms with Crippen LogP contribution in [0.3, 0.4) is 0 Å². The molecule has 2 fully saturated rings. The van der Waals surface area contributed by atoms with Crippen LogP contribution < -0.4 is 10.6 Å². The topological polar surface area (TPSA) is 177 Å². The zero-order chi connectivity index (χ0) is 41.2. The summed E-state index contributed by atoms with van der Waals surface area (Å²) in [5.74, 6) is -0.878.